The van der Waals surface area contributed by atoms with Crippen molar-refractivity contribution in [3.63, 3.8) is 0 Å². The van der Waals surface area contributed by atoms with E-state index in [1.165, 1.54) is 48.5 Å². The molecule has 6 aromatic carbocycles. The zero-order valence-electron chi connectivity index (χ0n) is 70.4. The van der Waals surface area contributed by atoms with E-state index in [-0.39, 0.29) is 103 Å². The summed E-state index contributed by atoms with van der Waals surface area (Å²) in [4.78, 5) is 78.6. The summed E-state index contributed by atoms with van der Waals surface area (Å²) in [5, 5.41) is 27.4. The molecule has 134 heavy (non-hydrogen) atoms. The monoisotopic (exact) mass is 2010 g/mol. The van der Waals surface area contributed by atoms with E-state index in [9.17, 15) is 122 Å². The number of fused-ring (bicyclic) bond motifs is 5. The Hall–Kier alpha value is -9.77. The number of ketones is 1. The minimum atomic E-state index is -4.75. The van der Waals surface area contributed by atoms with Gasteiger partial charge in [-0.15, -0.1) is 11.8 Å². The molecule has 0 bridgehead atoms. The number of benzene rings is 6. The van der Waals surface area contributed by atoms with Gasteiger partial charge < -0.3 is 50.4 Å². The van der Waals surface area contributed by atoms with Gasteiger partial charge >= 0.3 is 43.1 Å². The van der Waals surface area contributed by atoms with E-state index in [1.54, 1.807) is 84.0 Å². The van der Waals surface area contributed by atoms with Crippen LogP contribution >= 0.6 is 58.8 Å². The number of non-ortho nitro benzene ring substituents is 2. The minimum Gasteiger partial charge on any atom is -0.444 e. The summed E-state index contributed by atoms with van der Waals surface area (Å²) in [5.74, 6) is -10.1. The maximum atomic E-state index is 14.7. The van der Waals surface area contributed by atoms with E-state index in [0.717, 1.165) is 101 Å². The molecule has 8 N–H and O–H groups in total. The lowest BCUT2D eigenvalue weighted by atomic mass is 9.78. The lowest BCUT2D eigenvalue weighted by molar-refractivity contribution is -0.385. The van der Waals surface area contributed by atoms with Crippen molar-refractivity contribution in [1.29, 1.82) is 0 Å². The van der Waals surface area contributed by atoms with Gasteiger partial charge in [-0.3, -0.25) is 40.6 Å². The molecule has 5 fully saturated rings. The van der Waals surface area contributed by atoms with Crippen LogP contribution in [0.15, 0.2) is 158 Å². The Morgan fingerprint density at radius 2 is 0.687 bits per heavy atom. The number of Topliss-reactive ketones (excluding diaryl/α,β-unsaturated/α-hetero) is 1. The van der Waals surface area contributed by atoms with Crippen molar-refractivity contribution in [3.8, 4) is 0 Å². The molecule has 0 aromatic heterocycles. The molecule has 0 aliphatic carbocycles. The molecule has 0 unspecified atom stereocenters. The number of nitrogen functional groups attached to an aromatic ring is 1. The van der Waals surface area contributed by atoms with Gasteiger partial charge in [0.25, 0.3) is 11.4 Å². The first-order valence-corrected chi connectivity index (χ1v) is 44.9. The second-order valence-corrected chi connectivity index (χ2v) is 38.8. The molecule has 6 aromatic rings. The standard InChI is InChI=1S/C21H17F4NO2S.C18H19F4N3O5S.C18H21F4N3O3S.C13H11F4N3O3S.C13H12F4N2OS/c22-16-9-5-4-8-14(16)20-12-28-19(21(23,24)25)15(20)11-29-18(26-20)10-17(27)13-6-2-1-3-7-13;1-16(2,3)30-15(26)23-14-24-17(10-6-9(25(27)28)4-5-12(10)19)8-29-13(18(20,21)22)11(17)7-31-14;1-16(2,3)28-15(26)24-14-25-17(10-6-9(23)4-5-12(10)19)8-27-13(18(20,21)22)11(17)7-29-14;14-9-2-1-6(20(21)22)3-7(9)12-5-23-10(13(15,16)17)8(12)4-24-11(18)19-12;14-9-4-2-1-3-7(9)12-6-20-10(13(15,16)17)8(12)5-21-11(18)19-12/h1-9,15,19H,10-12H2;4-6,11,13H,7-8H2,1-3H3,(H,23,24,26);4-6,11,13H,7-8,23H2,1-3H3,(H,24,25,26);1-3,8,10H,4-5H2,(H2,18,19);1-4,8,10H,5-6H2,(H2,18,19)/t15-,19+,20-;2*11-,13+,17-;2*8-,10+,12-/m11111/s1. The number of nitro benzene ring substituents is 2. The summed E-state index contributed by atoms with van der Waals surface area (Å²) in [7, 11) is 0. The van der Waals surface area contributed by atoms with Crippen LogP contribution in [0.4, 0.5) is 114 Å². The Morgan fingerprint density at radius 3 is 1.02 bits per heavy atom. The van der Waals surface area contributed by atoms with Crippen LogP contribution in [0.3, 0.4) is 0 Å². The Balaban J connectivity index is 0.000000152. The Kier molecular flexibility index (Phi) is 30.3. The average Bonchev–Trinajstić information content (AvgIpc) is 1.58. The van der Waals surface area contributed by atoms with Gasteiger partial charge in [0.15, 0.2) is 57.0 Å². The van der Waals surface area contributed by atoms with Crippen LogP contribution in [-0.2, 0) is 60.9 Å². The number of anilines is 1. The quantitative estimate of drug-likeness (QED) is 0.0279. The summed E-state index contributed by atoms with van der Waals surface area (Å²) >= 11 is 4.81. The number of halogens is 20. The topological polar surface area (TPSA) is 366 Å². The zero-order valence-corrected chi connectivity index (χ0v) is 74.5. The number of ether oxygens (including phenoxy) is 7. The van der Waals surface area contributed by atoms with Gasteiger partial charge in [-0.1, -0.05) is 114 Å². The van der Waals surface area contributed by atoms with Crippen LogP contribution in [0.1, 0.15) is 86.1 Å². The van der Waals surface area contributed by atoms with Crippen molar-refractivity contribution in [3.05, 3.63) is 216 Å². The summed E-state index contributed by atoms with van der Waals surface area (Å²) in [5.41, 5.74) is 6.32. The maximum Gasteiger partial charge on any atom is 0.415 e. The first kappa shape index (κ1) is 103. The molecular weight excluding hydrogens is 1930 g/mol. The molecule has 0 saturated carbocycles. The van der Waals surface area contributed by atoms with E-state index < -0.39 is 218 Å². The number of carbonyl (C=O) groups is 3. The number of alkyl carbamates (subject to hydrolysis) is 2. The number of aliphatic imine (C=N–C) groups is 5. The van der Waals surface area contributed by atoms with Gasteiger partial charge in [-0.05, 0) is 84.0 Å². The number of nitrogens with two attached hydrogens (primary N) is 3. The summed E-state index contributed by atoms with van der Waals surface area (Å²) in [6.07, 6.45) is -35.4. The lowest BCUT2D eigenvalue weighted by Gasteiger charge is -2.37. The number of amides is 2. The number of amidine groups is 4. The largest absolute Gasteiger partial charge is 0.444 e. The first-order chi connectivity index (χ1) is 62.3. The predicted molar refractivity (Wildman–Crippen MR) is 457 cm³/mol. The second kappa shape index (κ2) is 39.4. The van der Waals surface area contributed by atoms with E-state index in [4.69, 9.17) is 50.4 Å². The summed E-state index contributed by atoms with van der Waals surface area (Å²) < 4.78 is 308. The third kappa shape index (κ3) is 22.4. The van der Waals surface area contributed by atoms with Gasteiger partial charge in [0.05, 0.1) is 54.3 Å². The Labute approximate surface area is 769 Å². The molecule has 26 nitrogen and oxygen atoms in total. The van der Waals surface area contributed by atoms with E-state index >= 15 is 0 Å². The van der Waals surface area contributed by atoms with Crippen LogP contribution in [-0.4, -0.2) is 188 Å². The molecule has 16 rings (SSSR count). The van der Waals surface area contributed by atoms with Crippen LogP contribution in [0, 0.1) is 78.9 Å². The Morgan fingerprint density at radius 1 is 0.396 bits per heavy atom. The van der Waals surface area contributed by atoms with Crippen LogP contribution < -0.4 is 27.8 Å². The number of alkyl halides is 15. The van der Waals surface area contributed by atoms with Crippen molar-refractivity contribution in [2.45, 2.75) is 148 Å². The number of thioether (sulfide) groups is 5. The highest BCUT2D eigenvalue weighted by Gasteiger charge is 2.68. The Bertz CT molecular complexity index is 5580. The second-order valence-electron chi connectivity index (χ2n) is 33.6. The number of hydrogen-bond donors (Lipinski definition) is 5. The van der Waals surface area contributed by atoms with Crippen molar-refractivity contribution < 1.29 is 145 Å². The van der Waals surface area contributed by atoms with Gasteiger partial charge in [-0.2, -0.15) is 65.9 Å². The minimum absolute atomic E-state index is 0.0106. The van der Waals surface area contributed by atoms with Crippen molar-refractivity contribution >= 4 is 120 Å². The predicted octanol–water partition coefficient (Wildman–Crippen LogP) is 18.2. The van der Waals surface area contributed by atoms with Gasteiger partial charge in [-0.25, -0.2) is 51.5 Å². The highest BCUT2D eigenvalue weighted by Crippen LogP contribution is 2.59. The molecule has 15 atom stereocenters. The van der Waals surface area contributed by atoms with E-state index in [2.05, 4.69) is 35.6 Å². The SMILES string of the molecule is CC(C)(C)OC(=O)NC1=N[C@@]2(c3cc(N)ccc3F)CO[C@H](C(F)(F)F)[C@H]2CS1.CC(C)(C)OC(=O)NC1=N[C@@]2(c3cc([N+](=O)[O-])ccc3F)CO[C@H](C(F)(F)F)[C@H]2CS1.NC1=N[C@@]2(c3cc([N+](=O)[O-])ccc3F)CO[C@H](C(F)(F)F)[C@H]2CS1.NC1=N[C@@]2(c3ccccc3F)CO[C@H](C(F)(F)F)[C@H]2CS1.O=C(CC1=N[C@@]2(c3ccccc3F)CO[C@H](C(F)(F)F)[C@H]2CS1)c1ccccc1. The first-order valence-electron chi connectivity index (χ1n) is 39.9. The molecule has 5 saturated heterocycles. The summed E-state index contributed by atoms with van der Waals surface area (Å²) in [6.45, 7) is 7.44. The van der Waals surface area contributed by atoms with E-state index in [1.807, 2.05) is 0 Å². The van der Waals surface area contributed by atoms with Crippen LogP contribution in [0.2, 0.25) is 0 Å². The number of nitrogens with zero attached hydrogens (tertiary/aromatic N) is 7. The van der Waals surface area contributed by atoms with Crippen molar-refractivity contribution in [1.82, 2.24) is 10.6 Å². The molecule has 51 heteroatoms. The van der Waals surface area contributed by atoms with Crippen LogP contribution in [0.5, 0.6) is 0 Å². The number of nitro groups is 2. The van der Waals surface area contributed by atoms with E-state index in [0.29, 0.717) is 10.6 Å². The number of nitrogens with one attached hydrogen (secondary N) is 2. The molecule has 726 valence electrons. The molecule has 10 aliphatic rings. The van der Waals surface area contributed by atoms with Gasteiger partial charge in [0.1, 0.15) is 68.0 Å². The molecular formula is C83H80F20N12O14S5. The third-order valence-electron chi connectivity index (χ3n) is 22.5. The van der Waals surface area contributed by atoms with Crippen LogP contribution in [0.25, 0.3) is 0 Å². The molecule has 0 spiro atoms. The number of hydrogen-bond acceptors (Lipinski definition) is 27. The number of carbonyl (C=O) groups excluding carboxylic acids is 3. The third-order valence-corrected chi connectivity index (χ3v) is 27.4. The zero-order chi connectivity index (χ0) is 98.4. The fraction of sp³-hybridized carbons (Fsp3) is 0.470. The number of rotatable bonds is 10. The molecule has 0 radical (unpaired) electrons. The lowest BCUT2D eigenvalue weighted by Crippen LogP contribution is -2.47. The molecule has 10 aliphatic heterocycles. The highest BCUT2D eigenvalue weighted by molar-refractivity contribution is 8.15. The average molecular weight is 2010 g/mol. The van der Waals surface area contributed by atoms with Crippen molar-refractivity contribution in [2.75, 3.05) is 67.5 Å². The molecule has 10 heterocycles. The van der Waals surface area contributed by atoms with Crippen molar-refractivity contribution in [2.24, 2.45) is 66.0 Å². The smallest absolute Gasteiger partial charge is 0.415 e. The fourth-order valence-corrected chi connectivity index (χ4v) is 22.4. The molecule has 2 amide bonds. The maximum absolute atomic E-state index is 14.7. The normalized spacial score (nSPS) is 28.2. The van der Waals surface area contributed by atoms with Gasteiger partial charge in [0.2, 0.25) is 0 Å². The van der Waals surface area contributed by atoms with Gasteiger partial charge in [0, 0.05) is 122 Å². The fourth-order valence-electron chi connectivity index (χ4n) is 16.7. The summed E-state index contributed by atoms with van der Waals surface area (Å²) in [6, 6.07) is 28.9. The highest BCUT2D eigenvalue weighted by atomic mass is 32.2.